The molecule has 9 heteroatoms. The van der Waals surface area contributed by atoms with Crippen LogP contribution in [0.15, 0.2) is 53.4 Å². The highest BCUT2D eigenvalue weighted by atomic mass is 32.2. The van der Waals surface area contributed by atoms with Crippen molar-refractivity contribution in [1.82, 2.24) is 4.90 Å². The second-order valence-corrected chi connectivity index (χ2v) is 7.14. The van der Waals surface area contributed by atoms with Gasteiger partial charge in [0.15, 0.2) is 4.90 Å². The molecule has 0 radical (unpaired) electrons. The van der Waals surface area contributed by atoms with Crippen molar-refractivity contribution in [2.45, 2.75) is 11.3 Å². The molecule has 0 atom stereocenters. The summed E-state index contributed by atoms with van der Waals surface area (Å²) < 4.78 is 27.1. The van der Waals surface area contributed by atoms with E-state index in [0.717, 1.165) is 11.6 Å². The van der Waals surface area contributed by atoms with Gasteiger partial charge >= 0.3 is 0 Å². The van der Waals surface area contributed by atoms with E-state index in [4.69, 9.17) is 0 Å². The van der Waals surface area contributed by atoms with Crippen molar-refractivity contribution in [2.24, 2.45) is 0 Å². The standard InChI is InChI=1S/C16H17N3O5S/c1-18(2)16(20)11-12-7-9-13(10-8-12)17-25(23,24)15-6-4-3-5-14(15)19(21)22/h3-10,17H,11H2,1-2H3. The fourth-order valence-corrected chi connectivity index (χ4v) is 3.30. The Morgan fingerprint density at radius 3 is 2.28 bits per heavy atom. The molecule has 0 heterocycles. The van der Waals surface area contributed by atoms with E-state index in [1.54, 1.807) is 26.2 Å². The Bertz CT molecular complexity index is 892. The van der Waals surface area contributed by atoms with Crippen molar-refractivity contribution in [1.29, 1.82) is 0 Å². The summed E-state index contributed by atoms with van der Waals surface area (Å²) in [6.07, 6.45) is 0.199. The topological polar surface area (TPSA) is 110 Å². The van der Waals surface area contributed by atoms with Gasteiger partial charge in [-0.2, -0.15) is 0 Å². The zero-order valence-electron chi connectivity index (χ0n) is 13.7. The Labute approximate surface area is 145 Å². The first-order valence-corrected chi connectivity index (χ1v) is 8.74. The lowest BCUT2D eigenvalue weighted by Crippen LogP contribution is -2.23. The normalized spacial score (nSPS) is 11.0. The van der Waals surface area contributed by atoms with E-state index in [9.17, 15) is 23.3 Å². The van der Waals surface area contributed by atoms with Crippen LogP contribution in [0.25, 0.3) is 0 Å². The Balaban J connectivity index is 2.22. The number of nitrogens with one attached hydrogen (secondary N) is 1. The van der Waals surface area contributed by atoms with Crippen LogP contribution in [0.2, 0.25) is 0 Å². The van der Waals surface area contributed by atoms with Gasteiger partial charge in [0.25, 0.3) is 15.7 Å². The third-order valence-electron chi connectivity index (χ3n) is 3.41. The van der Waals surface area contributed by atoms with Gasteiger partial charge in [-0.15, -0.1) is 0 Å². The van der Waals surface area contributed by atoms with Crippen LogP contribution in [0, 0.1) is 10.1 Å². The Hall–Kier alpha value is -2.94. The van der Waals surface area contributed by atoms with Crippen LogP contribution in [0.3, 0.4) is 0 Å². The molecule has 2 rings (SSSR count). The van der Waals surface area contributed by atoms with Crippen molar-refractivity contribution < 1.29 is 18.1 Å². The molecule has 2 aromatic carbocycles. The van der Waals surface area contributed by atoms with Gasteiger partial charge in [-0.25, -0.2) is 8.42 Å². The maximum atomic E-state index is 12.4. The molecular formula is C16H17N3O5S. The van der Waals surface area contributed by atoms with Crippen molar-refractivity contribution in [3.8, 4) is 0 Å². The number of nitro benzene ring substituents is 1. The summed E-state index contributed by atoms with van der Waals surface area (Å²) >= 11 is 0. The second kappa shape index (κ2) is 7.31. The van der Waals surface area contributed by atoms with E-state index in [-0.39, 0.29) is 18.0 Å². The first kappa shape index (κ1) is 18.4. The van der Waals surface area contributed by atoms with Gasteiger partial charge < -0.3 is 4.90 Å². The molecule has 2 aromatic rings. The van der Waals surface area contributed by atoms with Crippen LogP contribution >= 0.6 is 0 Å². The first-order chi connectivity index (χ1) is 11.7. The van der Waals surface area contributed by atoms with Gasteiger partial charge in [-0.05, 0) is 23.8 Å². The monoisotopic (exact) mass is 363 g/mol. The van der Waals surface area contributed by atoms with E-state index in [0.29, 0.717) is 0 Å². The van der Waals surface area contributed by atoms with Crippen LogP contribution < -0.4 is 4.72 Å². The number of carbonyl (C=O) groups is 1. The number of nitrogens with zero attached hydrogens (tertiary/aromatic N) is 2. The molecule has 0 aliphatic rings. The van der Waals surface area contributed by atoms with Gasteiger partial charge in [-0.3, -0.25) is 19.6 Å². The number of sulfonamides is 1. The predicted molar refractivity (Wildman–Crippen MR) is 92.7 cm³/mol. The van der Waals surface area contributed by atoms with Crippen LogP contribution in [-0.4, -0.2) is 38.2 Å². The second-order valence-electron chi connectivity index (χ2n) is 5.49. The summed E-state index contributed by atoms with van der Waals surface area (Å²) in [7, 11) is -0.804. The van der Waals surface area contributed by atoms with Crippen LogP contribution in [-0.2, 0) is 21.2 Å². The van der Waals surface area contributed by atoms with E-state index in [1.165, 1.54) is 35.2 Å². The minimum atomic E-state index is -4.11. The molecular weight excluding hydrogens is 346 g/mol. The van der Waals surface area contributed by atoms with Crippen molar-refractivity contribution in [2.75, 3.05) is 18.8 Å². The summed E-state index contributed by atoms with van der Waals surface area (Å²) in [4.78, 5) is 23.0. The van der Waals surface area contributed by atoms with Gasteiger partial charge in [0.2, 0.25) is 5.91 Å². The predicted octanol–water partition coefficient (Wildman–Crippen LogP) is 2.03. The molecule has 0 fully saturated rings. The van der Waals surface area contributed by atoms with Crippen molar-refractivity contribution in [3.63, 3.8) is 0 Å². The quantitative estimate of drug-likeness (QED) is 0.624. The highest BCUT2D eigenvalue weighted by Gasteiger charge is 2.25. The summed E-state index contributed by atoms with van der Waals surface area (Å²) in [5, 5.41) is 11.0. The molecule has 1 amide bonds. The molecule has 0 bridgehead atoms. The zero-order chi connectivity index (χ0) is 18.6. The van der Waals surface area contributed by atoms with E-state index in [2.05, 4.69) is 4.72 Å². The Morgan fingerprint density at radius 2 is 1.72 bits per heavy atom. The average molecular weight is 363 g/mol. The molecule has 0 aromatic heterocycles. The van der Waals surface area contributed by atoms with E-state index < -0.39 is 25.5 Å². The third kappa shape index (κ3) is 4.54. The molecule has 1 N–H and O–H groups in total. The number of para-hydroxylation sites is 1. The lowest BCUT2D eigenvalue weighted by Gasteiger charge is -2.11. The molecule has 8 nitrogen and oxygen atoms in total. The number of rotatable bonds is 6. The minimum absolute atomic E-state index is 0.0757. The number of nitro groups is 1. The fourth-order valence-electron chi connectivity index (χ4n) is 2.07. The van der Waals surface area contributed by atoms with Crippen LogP contribution in [0.4, 0.5) is 11.4 Å². The van der Waals surface area contributed by atoms with Crippen molar-refractivity contribution >= 4 is 27.3 Å². The summed E-state index contributed by atoms with van der Waals surface area (Å²) in [6.45, 7) is 0. The highest BCUT2D eigenvalue weighted by molar-refractivity contribution is 7.92. The van der Waals surface area contributed by atoms with Gasteiger partial charge in [0.1, 0.15) is 0 Å². The molecule has 25 heavy (non-hydrogen) atoms. The van der Waals surface area contributed by atoms with Crippen LogP contribution in [0.5, 0.6) is 0 Å². The maximum absolute atomic E-state index is 12.4. The number of hydrogen-bond acceptors (Lipinski definition) is 5. The van der Waals surface area contributed by atoms with E-state index in [1.807, 2.05) is 0 Å². The van der Waals surface area contributed by atoms with Gasteiger partial charge in [0, 0.05) is 25.8 Å². The zero-order valence-corrected chi connectivity index (χ0v) is 14.5. The van der Waals surface area contributed by atoms with Crippen molar-refractivity contribution in [3.05, 3.63) is 64.2 Å². The third-order valence-corrected chi connectivity index (χ3v) is 4.84. The molecule has 0 spiro atoms. The number of anilines is 1. The summed E-state index contributed by atoms with van der Waals surface area (Å²) in [5.41, 5.74) is 0.481. The molecule has 132 valence electrons. The maximum Gasteiger partial charge on any atom is 0.289 e. The number of likely N-dealkylation sites (N-methyl/N-ethyl adjacent to an activating group) is 1. The molecule has 0 unspecified atom stereocenters. The lowest BCUT2D eigenvalue weighted by atomic mass is 10.1. The van der Waals surface area contributed by atoms with Gasteiger partial charge in [-0.1, -0.05) is 24.3 Å². The van der Waals surface area contributed by atoms with Gasteiger partial charge in [0.05, 0.1) is 11.3 Å². The summed E-state index contributed by atoms with van der Waals surface area (Å²) in [6, 6.07) is 11.4. The average Bonchev–Trinajstić information content (AvgIpc) is 2.56. The Kier molecular flexibility index (Phi) is 5.38. The molecule has 0 aliphatic carbocycles. The minimum Gasteiger partial charge on any atom is -0.349 e. The smallest absolute Gasteiger partial charge is 0.289 e. The summed E-state index contributed by atoms with van der Waals surface area (Å²) in [5.74, 6) is -0.0757. The lowest BCUT2D eigenvalue weighted by molar-refractivity contribution is -0.387. The molecule has 0 saturated heterocycles. The SMILES string of the molecule is CN(C)C(=O)Cc1ccc(NS(=O)(=O)c2ccccc2[N+](=O)[O-])cc1. The number of amides is 1. The first-order valence-electron chi connectivity index (χ1n) is 7.26. The fraction of sp³-hybridized carbons (Fsp3) is 0.188. The van der Waals surface area contributed by atoms with E-state index >= 15 is 0 Å². The largest absolute Gasteiger partial charge is 0.349 e. The molecule has 0 saturated carbocycles. The van der Waals surface area contributed by atoms with Crippen LogP contribution in [0.1, 0.15) is 5.56 Å². The Morgan fingerprint density at radius 1 is 1.12 bits per heavy atom. The number of benzene rings is 2. The number of carbonyl (C=O) groups excluding carboxylic acids is 1. The highest BCUT2D eigenvalue weighted by Crippen LogP contribution is 2.25. The molecule has 0 aliphatic heterocycles. The number of hydrogen-bond donors (Lipinski definition) is 1.